The van der Waals surface area contributed by atoms with Crippen LogP contribution in [0.25, 0.3) is 0 Å². The SMILES string of the molecule is Cc1ccc(C(=N)NC(=O)OCc2cc(Cl)ccc2F)cc1. The van der Waals surface area contributed by atoms with Crippen LogP contribution in [0.15, 0.2) is 42.5 Å². The minimum absolute atomic E-state index is 0.0865. The van der Waals surface area contributed by atoms with Gasteiger partial charge in [-0.1, -0.05) is 41.4 Å². The number of hydrogen-bond acceptors (Lipinski definition) is 3. The summed E-state index contributed by atoms with van der Waals surface area (Å²) in [5.74, 6) is -0.595. The lowest BCUT2D eigenvalue weighted by Gasteiger charge is -2.09. The van der Waals surface area contributed by atoms with E-state index in [1.807, 2.05) is 19.1 Å². The van der Waals surface area contributed by atoms with E-state index in [9.17, 15) is 9.18 Å². The molecule has 2 aromatic rings. The van der Waals surface area contributed by atoms with Crippen molar-refractivity contribution in [1.82, 2.24) is 5.32 Å². The van der Waals surface area contributed by atoms with Gasteiger partial charge in [-0.25, -0.2) is 9.18 Å². The molecule has 0 bridgehead atoms. The summed E-state index contributed by atoms with van der Waals surface area (Å²) in [5.41, 5.74) is 1.77. The summed E-state index contributed by atoms with van der Waals surface area (Å²) >= 11 is 5.75. The number of nitrogens with one attached hydrogen (secondary N) is 2. The lowest BCUT2D eigenvalue weighted by Crippen LogP contribution is -2.31. The number of amidine groups is 1. The molecule has 1 amide bonds. The van der Waals surface area contributed by atoms with E-state index in [-0.39, 0.29) is 18.0 Å². The number of carbonyl (C=O) groups excluding carboxylic acids is 1. The highest BCUT2D eigenvalue weighted by Gasteiger charge is 2.10. The average molecular weight is 321 g/mol. The van der Waals surface area contributed by atoms with E-state index >= 15 is 0 Å². The Balaban J connectivity index is 1.91. The van der Waals surface area contributed by atoms with E-state index in [0.29, 0.717) is 10.6 Å². The molecule has 0 fully saturated rings. The third-order valence-electron chi connectivity index (χ3n) is 2.93. The zero-order chi connectivity index (χ0) is 16.1. The van der Waals surface area contributed by atoms with E-state index in [4.69, 9.17) is 21.7 Å². The van der Waals surface area contributed by atoms with Crippen molar-refractivity contribution in [2.75, 3.05) is 0 Å². The first-order valence-corrected chi connectivity index (χ1v) is 6.87. The van der Waals surface area contributed by atoms with Crippen molar-refractivity contribution < 1.29 is 13.9 Å². The number of aryl methyl sites for hydroxylation is 1. The Labute approximate surface area is 132 Å². The highest BCUT2D eigenvalue weighted by Crippen LogP contribution is 2.15. The van der Waals surface area contributed by atoms with Gasteiger partial charge >= 0.3 is 6.09 Å². The Morgan fingerprint density at radius 1 is 1.27 bits per heavy atom. The van der Waals surface area contributed by atoms with E-state index in [0.717, 1.165) is 5.56 Å². The normalized spacial score (nSPS) is 10.1. The van der Waals surface area contributed by atoms with Crippen molar-refractivity contribution >= 4 is 23.5 Å². The van der Waals surface area contributed by atoms with Gasteiger partial charge in [-0.3, -0.25) is 10.7 Å². The molecule has 0 aliphatic carbocycles. The summed E-state index contributed by atoms with van der Waals surface area (Å²) in [7, 11) is 0. The standard InChI is InChI=1S/C16H14ClFN2O2/c1-10-2-4-11(5-3-10)15(19)20-16(21)22-9-12-8-13(17)6-7-14(12)18/h2-8H,9H2,1H3,(H2,19,20,21). The second-order valence-electron chi connectivity index (χ2n) is 4.68. The predicted molar refractivity (Wildman–Crippen MR) is 82.7 cm³/mol. The number of amides is 1. The zero-order valence-electron chi connectivity index (χ0n) is 11.8. The molecule has 2 rings (SSSR count). The molecular weight excluding hydrogens is 307 g/mol. The molecule has 2 N–H and O–H groups in total. The number of hydrogen-bond donors (Lipinski definition) is 2. The molecule has 6 heteroatoms. The second kappa shape index (κ2) is 7.04. The summed E-state index contributed by atoms with van der Waals surface area (Å²) < 4.78 is 18.4. The molecule has 0 unspecified atom stereocenters. The molecule has 0 aliphatic rings. The Hall–Kier alpha value is -2.40. The van der Waals surface area contributed by atoms with Gasteiger partial charge in [0.05, 0.1) is 0 Å². The van der Waals surface area contributed by atoms with Crippen molar-refractivity contribution in [3.63, 3.8) is 0 Å². The largest absolute Gasteiger partial charge is 0.444 e. The van der Waals surface area contributed by atoms with Crippen LogP contribution in [0.2, 0.25) is 5.02 Å². The molecule has 0 saturated carbocycles. The number of halogens is 2. The fraction of sp³-hybridized carbons (Fsp3) is 0.125. The summed E-state index contributed by atoms with van der Waals surface area (Å²) in [4.78, 5) is 11.6. The van der Waals surface area contributed by atoms with Gasteiger partial charge in [0.1, 0.15) is 18.3 Å². The Kier molecular flexibility index (Phi) is 5.12. The summed E-state index contributed by atoms with van der Waals surface area (Å²) in [6.07, 6.45) is -0.829. The van der Waals surface area contributed by atoms with Crippen LogP contribution in [0.3, 0.4) is 0 Å². The van der Waals surface area contributed by atoms with Gasteiger partial charge < -0.3 is 4.74 Å². The van der Waals surface area contributed by atoms with Crippen LogP contribution in [-0.4, -0.2) is 11.9 Å². The van der Waals surface area contributed by atoms with Crippen molar-refractivity contribution in [1.29, 1.82) is 5.41 Å². The lowest BCUT2D eigenvalue weighted by atomic mass is 10.1. The maximum absolute atomic E-state index is 13.5. The number of carbonyl (C=O) groups is 1. The van der Waals surface area contributed by atoms with Crippen LogP contribution >= 0.6 is 11.6 Å². The van der Waals surface area contributed by atoms with E-state index in [2.05, 4.69) is 5.32 Å². The van der Waals surface area contributed by atoms with Gasteiger partial charge in [-0.15, -0.1) is 0 Å². The maximum atomic E-state index is 13.5. The number of alkyl carbamates (subject to hydrolysis) is 1. The smallest absolute Gasteiger partial charge is 0.413 e. The first-order chi connectivity index (χ1) is 10.5. The van der Waals surface area contributed by atoms with Gasteiger partial charge in [0.25, 0.3) is 0 Å². The summed E-state index contributed by atoms with van der Waals surface area (Å²) in [5, 5.41) is 10.4. The van der Waals surface area contributed by atoms with Crippen molar-refractivity contribution in [3.8, 4) is 0 Å². The molecule has 0 heterocycles. The molecule has 0 saturated heterocycles. The van der Waals surface area contributed by atoms with Crippen molar-refractivity contribution in [2.24, 2.45) is 0 Å². The molecule has 4 nitrogen and oxygen atoms in total. The molecule has 0 atom stereocenters. The lowest BCUT2D eigenvalue weighted by molar-refractivity contribution is 0.144. The topological polar surface area (TPSA) is 62.2 Å². The zero-order valence-corrected chi connectivity index (χ0v) is 12.6. The summed E-state index contributed by atoms with van der Waals surface area (Å²) in [6.45, 7) is 1.66. The minimum atomic E-state index is -0.829. The van der Waals surface area contributed by atoms with Gasteiger partial charge in [0, 0.05) is 16.1 Å². The molecule has 114 valence electrons. The average Bonchev–Trinajstić information content (AvgIpc) is 2.49. The van der Waals surface area contributed by atoms with Crippen molar-refractivity contribution in [3.05, 3.63) is 70.0 Å². The first-order valence-electron chi connectivity index (χ1n) is 6.49. The Morgan fingerprint density at radius 2 is 1.95 bits per heavy atom. The van der Waals surface area contributed by atoms with Crippen LogP contribution in [-0.2, 0) is 11.3 Å². The Bertz CT molecular complexity index is 702. The molecule has 0 aromatic heterocycles. The van der Waals surface area contributed by atoms with E-state index in [1.54, 1.807) is 12.1 Å². The quantitative estimate of drug-likeness (QED) is 0.662. The van der Waals surface area contributed by atoms with E-state index < -0.39 is 11.9 Å². The van der Waals surface area contributed by atoms with Crippen LogP contribution in [0, 0.1) is 18.2 Å². The fourth-order valence-corrected chi connectivity index (χ4v) is 1.92. The van der Waals surface area contributed by atoms with E-state index in [1.165, 1.54) is 18.2 Å². The third-order valence-corrected chi connectivity index (χ3v) is 3.17. The molecule has 0 aliphatic heterocycles. The minimum Gasteiger partial charge on any atom is -0.444 e. The van der Waals surface area contributed by atoms with Gasteiger partial charge in [0.15, 0.2) is 0 Å². The first kappa shape index (κ1) is 16.0. The monoisotopic (exact) mass is 320 g/mol. The molecule has 2 aromatic carbocycles. The van der Waals surface area contributed by atoms with Crippen LogP contribution in [0.4, 0.5) is 9.18 Å². The highest BCUT2D eigenvalue weighted by molar-refractivity contribution is 6.30. The molecular formula is C16H14ClFN2O2. The number of benzene rings is 2. The molecule has 0 spiro atoms. The van der Waals surface area contributed by atoms with Crippen LogP contribution in [0.5, 0.6) is 0 Å². The second-order valence-corrected chi connectivity index (χ2v) is 5.11. The number of rotatable bonds is 3. The highest BCUT2D eigenvalue weighted by atomic mass is 35.5. The molecule has 0 radical (unpaired) electrons. The van der Waals surface area contributed by atoms with Crippen LogP contribution < -0.4 is 5.32 Å². The third kappa shape index (κ3) is 4.30. The number of ether oxygens (including phenoxy) is 1. The van der Waals surface area contributed by atoms with Gasteiger partial charge in [-0.2, -0.15) is 0 Å². The van der Waals surface area contributed by atoms with Crippen molar-refractivity contribution in [2.45, 2.75) is 13.5 Å². The maximum Gasteiger partial charge on any atom is 0.413 e. The molecule has 22 heavy (non-hydrogen) atoms. The predicted octanol–water partition coefficient (Wildman–Crippen LogP) is 4.04. The fourth-order valence-electron chi connectivity index (χ4n) is 1.73. The van der Waals surface area contributed by atoms with Crippen LogP contribution in [0.1, 0.15) is 16.7 Å². The Morgan fingerprint density at radius 3 is 2.64 bits per heavy atom. The summed E-state index contributed by atoms with van der Waals surface area (Å²) in [6, 6.07) is 11.1. The van der Waals surface area contributed by atoms with Gasteiger partial charge in [-0.05, 0) is 25.1 Å². The van der Waals surface area contributed by atoms with Gasteiger partial charge in [0.2, 0.25) is 0 Å².